The van der Waals surface area contributed by atoms with Crippen LogP contribution < -0.4 is 5.73 Å². The molecule has 4 nitrogen and oxygen atoms in total. The molecule has 2 N–H and O–H groups in total. The van der Waals surface area contributed by atoms with Gasteiger partial charge in [-0.05, 0) is 49.3 Å². The fourth-order valence-corrected chi connectivity index (χ4v) is 2.38. The van der Waals surface area contributed by atoms with E-state index in [1.54, 1.807) is 0 Å². The van der Waals surface area contributed by atoms with Crippen molar-refractivity contribution in [2.45, 2.75) is 38.8 Å². The molecule has 0 amide bonds. The Bertz CT molecular complexity index is 364. The molecule has 0 radical (unpaired) electrons. The van der Waals surface area contributed by atoms with Gasteiger partial charge in [0.1, 0.15) is 5.82 Å². The van der Waals surface area contributed by atoms with Crippen molar-refractivity contribution in [3.8, 4) is 0 Å². The van der Waals surface area contributed by atoms with Crippen LogP contribution in [0.1, 0.15) is 31.5 Å². The van der Waals surface area contributed by atoms with Crippen LogP contribution >= 0.6 is 22.6 Å². The zero-order valence-electron chi connectivity index (χ0n) is 9.03. The van der Waals surface area contributed by atoms with Crippen LogP contribution in [0.4, 0.5) is 5.82 Å². The lowest BCUT2D eigenvalue weighted by molar-refractivity contribution is 0.00393. The molecule has 0 spiro atoms. The Morgan fingerprint density at radius 3 is 2.87 bits per heavy atom. The normalized spacial score (nSPS) is 26.9. The van der Waals surface area contributed by atoms with Gasteiger partial charge in [0.25, 0.3) is 0 Å². The summed E-state index contributed by atoms with van der Waals surface area (Å²) in [6.07, 6.45) is 2.32. The third kappa shape index (κ3) is 2.13. The smallest absolute Gasteiger partial charge is 0.135 e. The summed E-state index contributed by atoms with van der Waals surface area (Å²) in [6.45, 7) is 4.90. The van der Waals surface area contributed by atoms with Gasteiger partial charge < -0.3 is 10.5 Å². The molecule has 1 fully saturated rings. The van der Waals surface area contributed by atoms with Crippen molar-refractivity contribution in [3.63, 3.8) is 0 Å². The van der Waals surface area contributed by atoms with E-state index in [1.807, 2.05) is 11.6 Å². The highest BCUT2D eigenvalue weighted by molar-refractivity contribution is 14.1. The number of nitrogens with two attached hydrogens (primary N) is 1. The van der Waals surface area contributed by atoms with E-state index in [9.17, 15) is 0 Å². The highest BCUT2D eigenvalue weighted by atomic mass is 127. The highest BCUT2D eigenvalue weighted by Gasteiger charge is 2.24. The number of nitrogen functional groups attached to an aromatic ring is 1. The Morgan fingerprint density at radius 1 is 1.60 bits per heavy atom. The molecular formula is C10H16IN3O. The lowest BCUT2D eigenvalue weighted by atomic mass is 10.0. The van der Waals surface area contributed by atoms with Crippen LogP contribution in [0.15, 0.2) is 0 Å². The Hall–Kier alpha value is -0.300. The minimum atomic E-state index is 0.310. The second-order valence-corrected chi connectivity index (χ2v) is 5.17. The number of rotatable bonds is 1. The van der Waals surface area contributed by atoms with Gasteiger partial charge in [0, 0.05) is 6.61 Å². The number of nitrogens with zero attached hydrogens (tertiary/aromatic N) is 2. The highest BCUT2D eigenvalue weighted by Crippen LogP contribution is 2.29. The average Bonchev–Trinajstić information content (AvgIpc) is 2.46. The van der Waals surface area contributed by atoms with Crippen molar-refractivity contribution in [2.24, 2.45) is 0 Å². The van der Waals surface area contributed by atoms with Crippen LogP contribution in [-0.2, 0) is 4.74 Å². The second kappa shape index (κ2) is 4.29. The topological polar surface area (TPSA) is 53.1 Å². The molecule has 2 rings (SSSR count). The molecule has 1 aromatic heterocycles. The van der Waals surface area contributed by atoms with Crippen LogP contribution in [-0.4, -0.2) is 22.5 Å². The summed E-state index contributed by atoms with van der Waals surface area (Å²) in [5.74, 6) is 0.798. The average molecular weight is 321 g/mol. The van der Waals surface area contributed by atoms with Crippen molar-refractivity contribution >= 4 is 28.4 Å². The molecule has 1 saturated heterocycles. The Kier molecular flexibility index (Phi) is 3.20. The van der Waals surface area contributed by atoms with E-state index >= 15 is 0 Å². The van der Waals surface area contributed by atoms with Crippen LogP contribution in [0.3, 0.4) is 0 Å². The van der Waals surface area contributed by atoms with Gasteiger partial charge in [0.05, 0.1) is 21.4 Å². The number of aromatic nitrogens is 2. The van der Waals surface area contributed by atoms with Crippen molar-refractivity contribution in [1.29, 1.82) is 0 Å². The van der Waals surface area contributed by atoms with Crippen molar-refractivity contribution in [2.75, 3.05) is 12.3 Å². The third-order valence-corrected chi connectivity index (χ3v) is 4.18. The molecule has 2 heterocycles. The van der Waals surface area contributed by atoms with Crippen LogP contribution in [0.25, 0.3) is 0 Å². The number of halogens is 1. The van der Waals surface area contributed by atoms with Gasteiger partial charge >= 0.3 is 0 Å². The number of anilines is 1. The molecule has 1 aliphatic heterocycles. The van der Waals surface area contributed by atoms with E-state index in [-0.39, 0.29) is 0 Å². The van der Waals surface area contributed by atoms with Gasteiger partial charge in [-0.25, -0.2) is 4.68 Å². The summed E-state index contributed by atoms with van der Waals surface area (Å²) >= 11 is 2.25. The van der Waals surface area contributed by atoms with E-state index in [1.165, 1.54) is 0 Å². The molecule has 0 aromatic carbocycles. The van der Waals surface area contributed by atoms with Crippen LogP contribution in [0.2, 0.25) is 0 Å². The maximum absolute atomic E-state index is 6.03. The van der Waals surface area contributed by atoms with Gasteiger partial charge in [-0.1, -0.05) is 0 Å². The Labute approximate surface area is 103 Å². The largest absolute Gasteiger partial charge is 0.383 e. The molecule has 0 saturated carbocycles. The molecule has 5 heteroatoms. The first-order valence-electron chi connectivity index (χ1n) is 5.21. The maximum Gasteiger partial charge on any atom is 0.135 e. The van der Waals surface area contributed by atoms with Crippen molar-refractivity contribution in [1.82, 2.24) is 9.78 Å². The second-order valence-electron chi connectivity index (χ2n) is 4.09. The van der Waals surface area contributed by atoms with Crippen LogP contribution in [0, 0.1) is 10.5 Å². The predicted molar refractivity (Wildman–Crippen MR) is 67.8 cm³/mol. The first-order chi connectivity index (χ1) is 7.09. The summed E-state index contributed by atoms with van der Waals surface area (Å²) in [5.41, 5.74) is 7.05. The third-order valence-electron chi connectivity index (χ3n) is 2.85. The minimum absolute atomic E-state index is 0.310. The lowest BCUT2D eigenvalue weighted by Crippen LogP contribution is -2.26. The molecule has 2 atom stereocenters. The van der Waals surface area contributed by atoms with Crippen molar-refractivity contribution < 1.29 is 4.74 Å². The molecular weight excluding hydrogens is 305 g/mol. The van der Waals surface area contributed by atoms with Gasteiger partial charge in [-0.15, -0.1) is 0 Å². The predicted octanol–water partition coefficient (Wildman–Crippen LogP) is 2.12. The fourth-order valence-electron chi connectivity index (χ4n) is 2.02. The summed E-state index contributed by atoms with van der Waals surface area (Å²) in [7, 11) is 0. The minimum Gasteiger partial charge on any atom is -0.383 e. The number of ether oxygens (including phenoxy) is 1. The van der Waals surface area contributed by atoms with Gasteiger partial charge in [0.2, 0.25) is 0 Å². The van der Waals surface area contributed by atoms with E-state index in [4.69, 9.17) is 10.5 Å². The lowest BCUT2D eigenvalue weighted by Gasteiger charge is -2.28. The summed E-state index contributed by atoms with van der Waals surface area (Å²) < 4.78 is 8.57. The van der Waals surface area contributed by atoms with Crippen LogP contribution in [0.5, 0.6) is 0 Å². The van der Waals surface area contributed by atoms with Gasteiger partial charge in [0.15, 0.2) is 0 Å². The molecule has 0 bridgehead atoms. The zero-order chi connectivity index (χ0) is 11.0. The quantitative estimate of drug-likeness (QED) is 0.806. The Morgan fingerprint density at radius 2 is 2.33 bits per heavy atom. The standard InChI is InChI=1S/C10H16IN3O/c1-6-5-8(3-4-15-6)14-10(12)9(11)7(2)13-14/h6,8H,3-5,12H2,1-2H3. The van der Waals surface area contributed by atoms with E-state index in [0.29, 0.717) is 12.1 Å². The monoisotopic (exact) mass is 321 g/mol. The molecule has 1 aromatic rings. The Balaban J connectivity index is 2.25. The number of aryl methyl sites for hydroxylation is 1. The zero-order valence-corrected chi connectivity index (χ0v) is 11.2. The molecule has 2 unspecified atom stereocenters. The maximum atomic E-state index is 6.03. The summed E-state index contributed by atoms with van der Waals surface area (Å²) in [5, 5.41) is 4.50. The fraction of sp³-hybridized carbons (Fsp3) is 0.700. The number of hydrogen-bond donors (Lipinski definition) is 1. The van der Waals surface area contributed by atoms with Gasteiger partial charge in [-0.3, -0.25) is 0 Å². The van der Waals surface area contributed by atoms with E-state index < -0.39 is 0 Å². The summed E-state index contributed by atoms with van der Waals surface area (Å²) in [6, 6.07) is 0.399. The summed E-state index contributed by atoms with van der Waals surface area (Å²) in [4.78, 5) is 0. The molecule has 0 aliphatic carbocycles. The molecule has 15 heavy (non-hydrogen) atoms. The molecule has 84 valence electrons. The first kappa shape index (κ1) is 11.2. The van der Waals surface area contributed by atoms with Gasteiger partial charge in [-0.2, -0.15) is 5.10 Å². The molecule has 1 aliphatic rings. The first-order valence-corrected chi connectivity index (χ1v) is 6.29. The van der Waals surface area contributed by atoms with Crippen molar-refractivity contribution in [3.05, 3.63) is 9.26 Å². The number of hydrogen-bond acceptors (Lipinski definition) is 3. The van der Waals surface area contributed by atoms with E-state index in [0.717, 1.165) is 34.5 Å². The van der Waals surface area contributed by atoms with E-state index in [2.05, 4.69) is 34.6 Å². The SMILES string of the molecule is Cc1nn(C2CCOC(C)C2)c(N)c1I.